The molecule has 1 aromatic heterocycles. The first-order chi connectivity index (χ1) is 11.4. The van der Waals surface area contributed by atoms with Crippen molar-refractivity contribution in [3.63, 3.8) is 0 Å². The van der Waals surface area contributed by atoms with Gasteiger partial charge in [-0.3, -0.25) is 14.7 Å². The molecule has 1 unspecified atom stereocenters. The van der Waals surface area contributed by atoms with Crippen LogP contribution in [0.1, 0.15) is 28.9 Å². The van der Waals surface area contributed by atoms with E-state index in [2.05, 4.69) is 21.6 Å². The first-order valence-electron chi connectivity index (χ1n) is 8.09. The highest BCUT2D eigenvalue weighted by Crippen LogP contribution is 2.28. The van der Waals surface area contributed by atoms with E-state index in [0.717, 1.165) is 28.2 Å². The van der Waals surface area contributed by atoms with Crippen molar-refractivity contribution in [3.05, 3.63) is 40.7 Å². The van der Waals surface area contributed by atoms with Crippen LogP contribution in [-0.4, -0.2) is 28.6 Å². The number of nitrogens with one attached hydrogen (secondary N) is 2. The van der Waals surface area contributed by atoms with Crippen molar-refractivity contribution in [2.24, 2.45) is 5.92 Å². The number of aryl methyl sites for hydroxylation is 4. The molecule has 3 rings (SSSR count). The highest BCUT2D eigenvalue weighted by Gasteiger charge is 2.38. The van der Waals surface area contributed by atoms with E-state index >= 15 is 0 Å². The van der Waals surface area contributed by atoms with Gasteiger partial charge in [0.15, 0.2) is 0 Å². The van der Waals surface area contributed by atoms with Crippen molar-refractivity contribution < 1.29 is 9.59 Å². The molecule has 0 spiro atoms. The van der Waals surface area contributed by atoms with Gasteiger partial charge in [0.1, 0.15) is 5.92 Å². The van der Waals surface area contributed by atoms with Crippen LogP contribution in [0.2, 0.25) is 0 Å². The number of benzene rings is 1. The van der Waals surface area contributed by atoms with Gasteiger partial charge in [0, 0.05) is 12.2 Å². The normalized spacial score (nSPS) is 17.4. The Hall–Kier alpha value is -2.63. The van der Waals surface area contributed by atoms with Crippen LogP contribution >= 0.6 is 0 Å². The maximum atomic E-state index is 12.7. The van der Waals surface area contributed by atoms with Gasteiger partial charge in [0.2, 0.25) is 11.8 Å². The van der Waals surface area contributed by atoms with E-state index in [1.807, 2.05) is 39.8 Å². The number of aromatic nitrogens is 2. The van der Waals surface area contributed by atoms with Gasteiger partial charge in [-0.2, -0.15) is 5.10 Å². The molecule has 24 heavy (non-hydrogen) atoms. The van der Waals surface area contributed by atoms with Gasteiger partial charge in [0.05, 0.1) is 17.1 Å². The summed E-state index contributed by atoms with van der Waals surface area (Å²) in [7, 11) is 0. The first kappa shape index (κ1) is 16.2. The van der Waals surface area contributed by atoms with Crippen LogP contribution in [0, 0.1) is 33.6 Å². The van der Waals surface area contributed by atoms with Gasteiger partial charge >= 0.3 is 0 Å². The molecule has 6 heteroatoms. The summed E-state index contributed by atoms with van der Waals surface area (Å²) in [5.74, 6) is -1.06. The number of hydrogen-bond donors (Lipinski definition) is 2. The van der Waals surface area contributed by atoms with Crippen LogP contribution < -0.4 is 10.2 Å². The summed E-state index contributed by atoms with van der Waals surface area (Å²) in [6.07, 6.45) is 0.521. The number of amides is 2. The number of aromatic amines is 1. The third kappa shape index (κ3) is 2.91. The largest absolute Gasteiger partial charge is 0.322 e. The van der Waals surface area contributed by atoms with E-state index in [1.54, 1.807) is 4.90 Å². The molecule has 0 saturated carbocycles. The van der Waals surface area contributed by atoms with Gasteiger partial charge < -0.3 is 10.2 Å². The second kappa shape index (κ2) is 6.11. The molecule has 1 atom stereocenters. The highest BCUT2D eigenvalue weighted by atomic mass is 16.2. The number of hydrogen-bond acceptors (Lipinski definition) is 3. The molecule has 0 bridgehead atoms. The zero-order valence-electron chi connectivity index (χ0n) is 14.4. The Morgan fingerprint density at radius 1 is 1.21 bits per heavy atom. The summed E-state index contributed by atoms with van der Waals surface area (Å²) in [4.78, 5) is 27.0. The maximum absolute atomic E-state index is 12.7. The molecule has 1 saturated heterocycles. The van der Waals surface area contributed by atoms with Crippen molar-refractivity contribution in [3.8, 4) is 0 Å². The van der Waals surface area contributed by atoms with Crippen molar-refractivity contribution in [1.82, 2.24) is 10.2 Å². The minimum Gasteiger partial charge on any atom is -0.322 e. The molecule has 1 aromatic carbocycles. The minimum atomic E-state index is -0.653. The summed E-state index contributed by atoms with van der Waals surface area (Å²) in [6, 6.07) is 6.03. The van der Waals surface area contributed by atoms with Gasteiger partial charge in [-0.25, -0.2) is 0 Å². The van der Waals surface area contributed by atoms with Gasteiger partial charge in [-0.05, 0) is 57.4 Å². The summed E-state index contributed by atoms with van der Waals surface area (Å²) in [6.45, 7) is 8.23. The van der Waals surface area contributed by atoms with Crippen LogP contribution in [0.3, 0.4) is 0 Å². The fourth-order valence-corrected chi connectivity index (χ4v) is 3.23. The lowest BCUT2D eigenvalue weighted by Crippen LogP contribution is -2.33. The van der Waals surface area contributed by atoms with Crippen LogP contribution in [0.25, 0.3) is 0 Å². The zero-order chi connectivity index (χ0) is 17.4. The van der Waals surface area contributed by atoms with E-state index < -0.39 is 5.92 Å². The monoisotopic (exact) mass is 326 g/mol. The molecule has 1 aliphatic heterocycles. The molecule has 0 aliphatic carbocycles. The van der Waals surface area contributed by atoms with Crippen LogP contribution in [0.5, 0.6) is 0 Å². The predicted molar refractivity (Wildman–Crippen MR) is 93.1 cm³/mol. The van der Waals surface area contributed by atoms with E-state index in [4.69, 9.17) is 0 Å². The second-order valence-corrected chi connectivity index (χ2v) is 6.48. The topological polar surface area (TPSA) is 78.1 Å². The minimum absolute atomic E-state index is 0.142. The summed E-state index contributed by atoms with van der Waals surface area (Å²) in [5.41, 5.74) is 5.25. The van der Waals surface area contributed by atoms with Gasteiger partial charge in [0.25, 0.3) is 0 Å². The molecule has 1 aliphatic rings. The summed E-state index contributed by atoms with van der Waals surface area (Å²) < 4.78 is 0. The van der Waals surface area contributed by atoms with Crippen LogP contribution in [0.4, 0.5) is 11.4 Å². The molecule has 6 nitrogen and oxygen atoms in total. The number of H-pyrrole nitrogens is 1. The molecule has 126 valence electrons. The number of nitrogens with zero attached hydrogens (tertiary/aromatic N) is 2. The van der Waals surface area contributed by atoms with E-state index in [0.29, 0.717) is 18.7 Å². The molecular weight excluding hydrogens is 304 g/mol. The van der Waals surface area contributed by atoms with Crippen LogP contribution in [0.15, 0.2) is 18.2 Å². The van der Waals surface area contributed by atoms with Crippen molar-refractivity contribution >= 4 is 23.2 Å². The quantitative estimate of drug-likeness (QED) is 0.851. The second-order valence-electron chi connectivity index (χ2n) is 6.48. The standard InChI is InChI=1S/C18H22N4O2/c1-10-7-11(2)9-14(8-10)22-6-5-15(18(22)24)17(23)19-16-12(3)20-21-13(16)4/h7-9,15H,5-6H2,1-4H3,(H,19,23)(H,20,21). The summed E-state index contributed by atoms with van der Waals surface area (Å²) >= 11 is 0. The van der Waals surface area contributed by atoms with Crippen molar-refractivity contribution in [1.29, 1.82) is 0 Å². The van der Waals surface area contributed by atoms with E-state index in [9.17, 15) is 9.59 Å². The third-order valence-corrected chi connectivity index (χ3v) is 4.42. The van der Waals surface area contributed by atoms with E-state index in [1.165, 1.54) is 0 Å². The SMILES string of the molecule is Cc1cc(C)cc(N2CCC(C(=O)Nc3c(C)n[nH]c3C)C2=O)c1. The van der Waals surface area contributed by atoms with Crippen molar-refractivity contribution in [2.45, 2.75) is 34.1 Å². The molecule has 2 heterocycles. The number of rotatable bonds is 3. The Bertz CT molecular complexity index is 770. The Balaban J connectivity index is 1.77. The van der Waals surface area contributed by atoms with Gasteiger partial charge in [-0.1, -0.05) is 6.07 Å². The predicted octanol–water partition coefficient (Wildman–Crippen LogP) is 2.63. The fraction of sp³-hybridized carbons (Fsp3) is 0.389. The molecule has 0 radical (unpaired) electrons. The zero-order valence-corrected chi connectivity index (χ0v) is 14.4. The molecule has 1 fully saturated rings. The average Bonchev–Trinajstić information content (AvgIpc) is 3.03. The smallest absolute Gasteiger partial charge is 0.239 e. The molecular formula is C18H22N4O2. The lowest BCUT2D eigenvalue weighted by Gasteiger charge is -2.18. The van der Waals surface area contributed by atoms with E-state index in [-0.39, 0.29) is 11.8 Å². The molecule has 2 N–H and O–H groups in total. The average molecular weight is 326 g/mol. The van der Waals surface area contributed by atoms with Crippen molar-refractivity contribution in [2.75, 3.05) is 16.8 Å². The Kier molecular flexibility index (Phi) is 4.13. The van der Waals surface area contributed by atoms with Gasteiger partial charge in [-0.15, -0.1) is 0 Å². The lowest BCUT2D eigenvalue weighted by molar-refractivity contribution is -0.129. The molecule has 2 aromatic rings. The number of carbonyl (C=O) groups excluding carboxylic acids is 2. The number of carbonyl (C=O) groups is 2. The Morgan fingerprint density at radius 2 is 1.88 bits per heavy atom. The molecule has 2 amide bonds. The lowest BCUT2D eigenvalue weighted by atomic mass is 10.1. The number of anilines is 2. The first-order valence-corrected chi connectivity index (χ1v) is 8.09. The maximum Gasteiger partial charge on any atom is 0.239 e. The Labute approximate surface area is 141 Å². The summed E-state index contributed by atoms with van der Waals surface area (Å²) in [5, 5.41) is 9.74. The van der Waals surface area contributed by atoms with Crippen LogP contribution in [-0.2, 0) is 9.59 Å². The highest BCUT2D eigenvalue weighted by molar-refractivity contribution is 6.13. The Morgan fingerprint density at radius 3 is 2.46 bits per heavy atom. The fourth-order valence-electron chi connectivity index (χ4n) is 3.23. The third-order valence-electron chi connectivity index (χ3n) is 4.42.